The zero-order valence-corrected chi connectivity index (χ0v) is 17.8. The summed E-state index contributed by atoms with van der Waals surface area (Å²) in [5.41, 5.74) is 0.210. The normalized spacial score (nSPS) is 12.5. The van der Waals surface area contributed by atoms with Crippen molar-refractivity contribution in [2.75, 3.05) is 0 Å². The molecule has 0 bridgehead atoms. The van der Waals surface area contributed by atoms with E-state index in [9.17, 15) is 30.5 Å². The van der Waals surface area contributed by atoms with E-state index in [1.807, 2.05) is 0 Å². The van der Waals surface area contributed by atoms with Crippen molar-refractivity contribution in [3.05, 3.63) is 57.8 Å². The minimum Gasteiger partial charge on any atom is -0.508 e. The highest BCUT2D eigenvalue weighted by molar-refractivity contribution is 5.95. The fraction of sp³-hybridized carbons (Fsp3) is 0. The van der Waals surface area contributed by atoms with Crippen LogP contribution in [0.15, 0.2) is 56.9 Å². The molecule has 16 heteroatoms. The molecule has 0 atom stereocenters. The van der Waals surface area contributed by atoms with Gasteiger partial charge in [0.15, 0.2) is 11.0 Å². The average Bonchev–Trinajstić information content (AvgIpc) is 3.45. The smallest absolute Gasteiger partial charge is 0.165 e. The second-order valence-corrected chi connectivity index (χ2v) is 7.25. The summed E-state index contributed by atoms with van der Waals surface area (Å²) in [5, 5.41) is 77.3. The molecule has 0 amide bonds. The second kappa shape index (κ2) is 8.52. The number of fused-ring (bicyclic) bond motifs is 2. The zero-order chi connectivity index (χ0) is 25.4. The van der Waals surface area contributed by atoms with Crippen molar-refractivity contribution in [1.29, 1.82) is 0 Å². The van der Waals surface area contributed by atoms with Crippen molar-refractivity contribution in [2.45, 2.75) is 0 Å². The molecular weight excluding hydrogens is 476 g/mol. The third-order valence-corrected chi connectivity index (χ3v) is 4.98. The minimum atomic E-state index is -0.236. The molecule has 0 radical (unpaired) electrons. The molecule has 16 nitrogen and oxygen atoms in total. The van der Waals surface area contributed by atoms with Crippen LogP contribution in [-0.4, -0.2) is 68.3 Å². The van der Waals surface area contributed by atoms with Gasteiger partial charge in [0, 0.05) is 23.3 Å². The number of nitroso groups, excluding NO2 is 1. The number of hydrogen-bond acceptors (Lipinski definition) is 13. The molecule has 2 aromatic carbocycles. The maximum atomic E-state index is 11.7. The number of H-pyrrole nitrogens is 1. The van der Waals surface area contributed by atoms with E-state index in [-0.39, 0.29) is 67.6 Å². The first-order valence-electron chi connectivity index (χ1n) is 9.94. The van der Waals surface area contributed by atoms with E-state index in [0.29, 0.717) is 0 Å². The van der Waals surface area contributed by atoms with Crippen LogP contribution in [0.3, 0.4) is 0 Å². The Bertz CT molecular complexity index is 1670. The Kier molecular flexibility index (Phi) is 5.21. The van der Waals surface area contributed by atoms with Gasteiger partial charge in [-0.2, -0.15) is 0 Å². The number of nitrogens with one attached hydrogen (secondary N) is 1. The molecular formula is C20H14N10O6. The largest absolute Gasteiger partial charge is 0.508 e. The van der Waals surface area contributed by atoms with Crippen LogP contribution in [0.5, 0.6) is 23.0 Å². The Morgan fingerprint density at radius 1 is 0.833 bits per heavy atom. The summed E-state index contributed by atoms with van der Waals surface area (Å²) in [6.45, 7) is 0. The van der Waals surface area contributed by atoms with E-state index in [2.05, 4.69) is 40.9 Å². The predicted molar refractivity (Wildman–Crippen MR) is 123 cm³/mol. The van der Waals surface area contributed by atoms with Crippen LogP contribution < -0.4 is 5.36 Å². The highest BCUT2D eigenvalue weighted by Gasteiger charge is 2.25. The van der Waals surface area contributed by atoms with E-state index in [1.54, 1.807) is 0 Å². The first-order valence-corrected chi connectivity index (χ1v) is 9.94. The van der Waals surface area contributed by atoms with Gasteiger partial charge in [-0.05, 0) is 29.4 Å². The molecule has 0 saturated carbocycles. The molecule has 3 aromatic rings. The van der Waals surface area contributed by atoms with Crippen molar-refractivity contribution in [2.24, 2.45) is 20.5 Å². The Morgan fingerprint density at radius 2 is 1.44 bits per heavy atom. The summed E-state index contributed by atoms with van der Waals surface area (Å²) in [6, 6.07) is 7.79. The topological polar surface area (TPSA) is 232 Å². The second-order valence-electron chi connectivity index (χ2n) is 7.25. The Morgan fingerprint density at radius 3 is 2.03 bits per heavy atom. The first-order chi connectivity index (χ1) is 17.4. The van der Waals surface area contributed by atoms with Gasteiger partial charge in [-0.25, -0.2) is 0 Å². The summed E-state index contributed by atoms with van der Waals surface area (Å²) < 4.78 is 0. The summed E-state index contributed by atoms with van der Waals surface area (Å²) in [5.74, 6) is -0.723. The van der Waals surface area contributed by atoms with Gasteiger partial charge in [-0.3, -0.25) is 5.10 Å². The molecule has 0 fully saturated rings. The number of rotatable bonds is 5. The molecule has 180 valence electrons. The summed E-state index contributed by atoms with van der Waals surface area (Å²) in [6.07, 6.45) is 2.45. The average molecular weight is 490 g/mol. The monoisotopic (exact) mass is 490 g/mol. The molecule has 2 heterocycles. The first kappa shape index (κ1) is 22.0. The van der Waals surface area contributed by atoms with Gasteiger partial charge in [0.25, 0.3) is 0 Å². The highest BCUT2D eigenvalue weighted by atomic mass is 16.4. The number of hydrogen-bond donors (Lipinski definition) is 6. The van der Waals surface area contributed by atoms with Gasteiger partial charge in [-0.15, -0.1) is 30.4 Å². The lowest BCUT2D eigenvalue weighted by atomic mass is 10.1. The molecule has 0 unspecified atom stereocenters. The Labute approximate surface area is 198 Å². The van der Waals surface area contributed by atoms with E-state index < -0.39 is 0 Å². The molecule has 2 aliphatic rings. The SMILES string of the molecule is O=Nc1c2[nH]n(/N=C/c3ccc(O)cc3O)nc-2c(=NO)c2nn(/N=C/c3ccc(O)cc3O)nc12. The van der Waals surface area contributed by atoms with E-state index in [4.69, 9.17) is 0 Å². The van der Waals surface area contributed by atoms with Crippen molar-refractivity contribution in [3.8, 4) is 34.4 Å². The van der Waals surface area contributed by atoms with Crippen LogP contribution in [0.2, 0.25) is 0 Å². The predicted octanol–water partition coefficient (Wildman–Crippen LogP) is 1.34. The molecule has 0 spiro atoms. The van der Waals surface area contributed by atoms with Crippen molar-refractivity contribution >= 4 is 29.1 Å². The van der Waals surface area contributed by atoms with Crippen molar-refractivity contribution < 1.29 is 25.6 Å². The molecule has 6 N–H and O–H groups in total. The van der Waals surface area contributed by atoms with Crippen LogP contribution in [0.4, 0.5) is 5.69 Å². The molecule has 36 heavy (non-hydrogen) atoms. The van der Waals surface area contributed by atoms with Gasteiger partial charge in [0.1, 0.15) is 45.4 Å². The number of aromatic amines is 1. The van der Waals surface area contributed by atoms with Gasteiger partial charge in [0.05, 0.1) is 12.4 Å². The molecule has 5 rings (SSSR count). The number of benzene rings is 3. The zero-order valence-electron chi connectivity index (χ0n) is 17.8. The van der Waals surface area contributed by atoms with Gasteiger partial charge in [0.2, 0.25) is 0 Å². The van der Waals surface area contributed by atoms with Gasteiger partial charge >= 0.3 is 0 Å². The van der Waals surface area contributed by atoms with Crippen LogP contribution in [0, 0.1) is 4.91 Å². The fourth-order valence-corrected chi connectivity index (χ4v) is 3.30. The summed E-state index contributed by atoms with van der Waals surface area (Å²) in [7, 11) is 0. The van der Waals surface area contributed by atoms with Gasteiger partial charge in [-0.1, -0.05) is 15.0 Å². The van der Waals surface area contributed by atoms with E-state index >= 15 is 0 Å². The van der Waals surface area contributed by atoms with Crippen molar-refractivity contribution in [1.82, 2.24) is 30.2 Å². The van der Waals surface area contributed by atoms with Crippen molar-refractivity contribution in [3.63, 3.8) is 0 Å². The van der Waals surface area contributed by atoms with E-state index in [0.717, 1.165) is 21.9 Å². The maximum Gasteiger partial charge on any atom is 0.165 e. The lowest BCUT2D eigenvalue weighted by Gasteiger charge is -1.98. The highest BCUT2D eigenvalue weighted by Crippen LogP contribution is 2.32. The lowest BCUT2D eigenvalue weighted by Crippen LogP contribution is -2.10. The van der Waals surface area contributed by atoms with Crippen LogP contribution in [0.25, 0.3) is 22.4 Å². The van der Waals surface area contributed by atoms with E-state index in [1.165, 1.54) is 36.7 Å². The molecule has 1 aliphatic heterocycles. The number of phenolic OH excluding ortho intramolecular Hbond substituents is 4. The Hall–Kier alpha value is -5.80. The number of nitrogens with zero attached hydrogens (tertiary/aromatic N) is 9. The summed E-state index contributed by atoms with van der Waals surface area (Å²) in [4.78, 5) is 13.5. The number of phenols is 4. The molecule has 1 aromatic heterocycles. The standard InChI is InChI=1S/C20H14N10O6/c31-11-3-1-9(13(33)5-11)7-21-29-23-15-16(24-29)20(28-36)18-17(19(15)27-35)25-30(26-18)22-8-10-2-4-12(32)6-14(10)34/h1-8,23,31-34,36H/b21-7+,22-8+,28-20?. The van der Waals surface area contributed by atoms with Crippen LogP contribution in [0.1, 0.15) is 11.1 Å². The third kappa shape index (κ3) is 3.79. The number of aromatic nitrogens is 6. The Balaban J connectivity index is 1.59. The molecule has 0 saturated heterocycles. The lowest BCUT2D eigenvalue weighted by molar-refractivity contribution is 0.302. The quantitative estimate of drug-likeness (QED) is 0.0901. The van der Waals surface area contributed by atoms with Gasteiger partial charge < -0.3 is 25.6 Å². The molecule has 1 aliphatic carbocycles. The number of aromatic hydroxyl groups is 4. The maximum absolute atomic E-state index is 11.7. The van der Waals surface area contributed by atoms with Crippen LogP contribution >= 0.6 is 0 Å². The third-order valence-electron chi connectivity index (χ3n) is 4.98. The fourth-order valence-electron chi connectivity index (χ4n) is 3.30. The minimum absolute atomic E-state index is 0.0149. The summed E-state index contributed by atoms with van der Waals surface area (Å²) >= 11 is 0. The van der Waals surface area contributed by atoms with Crippen LogP contribution in [-0.2, 0) is 0 Å².